The molecule has 10 aromatic rings. The minimum atomic E-state index is 0.632. The number of hydrogen-bond acceptors (Lipinski definition) is 4. The number of fused-ring (bicyclic) bond motifs is 6. The molecule has 0 saturated carbocycles. The second-order valence-corrected chi connectivity index (χ2v) is 13.9. The Labute approximate surface area is 299 Å². The van der Waals surface area contributed by atoms with Crippen molar-refractivity contribution in [1.82, 2.24) is 4.98 Å². The van der Waals surface area contributed by atoms with Crippen molar-refractivity contribution in [2.45, 2.75) is 0 Å². The molecular formula is C47H30N2OS. The fourth-order valence-corrected chi connectivity index (χ4v) is 8.37. The van der Waals surface area contributed by atoms with Gasteiger partial charge in [0.1, 0.15) is 5.52 Å². The molecule has 0 aliphatic heterocycles. The highest BCUT2D eigenvalue weighted by atomic mass is 32.1. The Hall–Kier alpha value is -6.49. The molecule has 0 atom stereocenters. The monoisotopic (exact) mass is 670 g/mol. The van der Waals surface area contributed by atoms with Crippen LogP contribution in [0.4, 0.5) is 17.1 Å². The molecule has 0 N–H and O–H groups in total. The minimum absolute atomic E-state index is 0.632. The summed E-state index contributed by atoms with van der Waals surface area (Å²) in [4.78, 5) is 7.37. The number of rotatable bonds is 6. The van der Waals surface area contributed by atoms with Gasteiger partial charge in [0.15, 0.2) is 5.58 Å². The molecule has 3 nitrogen and oxygen atoms in total. The van der Waals surface area contributed by atoms with E-state index in [9.17, 15) is 0 Å². The number of hydrogen-bond donors (Lipinski definition) is 0. The van der Waals surface area contributed by atoms with Crippen molar-refractivity contribution in [2.24, 2.45) is 0 Å². The average molecular weight is 671 g/mol. The van der Waals surface area contributed by atoms with E-state index in [1.54, 1.807) is 0 Å². The van der Waals surface area contributed by atoms with Crippen LogP contribution in [0.3, 0.4) is 0 Å². The molecular weight excluding hydrogens is 641 g/mol. The fraction of sp³-hybridized carbons (Fsp3) is 0. The van der Waals surface area contributed by atoms with Gasteiger partial charge >= 0.3 is 0 Å². The maximum atomic E-state index is 6.27. The summed E-state index contributed by atoms with van der Waals surface area (Å²) < 4.78 is 8.85. The molecule has 0 spiro atoms. The van der Waals surface area contributed by atoms with E-state index in [1.807, 2.05) is 47.7 Å². The molecule has 0 unspecified atom stereocenters. The van der Waals surface area contributed by atoms with E-state index in [0.717, 1.165) is 55.6 Å². The first-order valence-corrected chi connectivity index (χ1v) is 17.9. The Bertz CT molecular complexity index is 2840. The molecule has 10 rings (SSSR count). The molecule has 4 heteroatoms. The largest absolute Gasteiger partial charge is 0.436 e. The van der Waals surface area contributed by atoms with Gasteiger partial charge < -0.3 is 9.32 Å². The number of anilines is 3. The molecule has 0 aliphatic carbocycles. The predicted octanol–water partition coefficient (Wildman–Crippen LogP) is 13.8. The smallest absolute Gasteiger partial charge is 0.227 e. The zero-order valence-electron chi connectivity index (χ0n) is 27.5. The normalized spacial score (nSPS) is 11.5. The van der Waals surface area contributed by atoms with Crippen LogP contribution in [0.15, 0.2) is 186 Å². The van der Waals surface area contributed by atoms with Crippen molar-refractivity contribution in [3.63, 3.8) is 0 Å². The fourth-order valence-electron chi connectivity index (χ4n) is 7.23. The molecule has 0 radical (unpaired) electrons. The quantitative estimate of drug-likeness (QED) is 0.176. The molecule has 51 heavy (non-hydrogen) atoms. The summed E-state index contributed by atoms with van der Waals surface area (Å²) in [5.74, 6) is 0.632. The molecule has 0 saturated heterocycles. The lowest BCUT2D eigenvalue weighted by Gasteiger charge is -2.26. The molecule has 0 bridgehead atoms. The minimum Gasteiger partial charge on any atom is -0.436 e. The maximum Gasteiger partial charge on any atom is 0.227 e. The Kier molecular flexibility index (Phi) is 7.00. The molecule has 8 aromatic carbocycles. The van der Waals surface area contributed by atoms with Crippen LogP contribution < -0.4 is 4.90 Å². The summed E-state index contributed by atoms with van der Waals surface area (Å²) >= 11 is 1.84. The van der Waals surface area contributed by atoms with Gasteiger partial charge in [0.2, 0.25) is 5.89 Å². The van der Waals surface area contributed by atoms with Crippen LogP contribution in [0, 0.1) is 0 Å². The van der Waals surface area contributed by atoms with Crippen molar-refractivity contribution >= 4 is 70.4 Å². The van der Waals surface area contributed by atoms with Crippen molar-refractivity contribution in [2.75, 3.05) is 4.90 Å². The molecule has 240 valence electrons. The van der Waals surface area contributed by atoms with E-state index in [0.29, 0.717) is 5.89 Å². The van der Waals surface area contributed by atoms with Gasteiger partial charge in [-0.3, -0.25) is 0 Å². The van der Waals surface area contributed by atoms with E-state index in [-0.39, 0.29) is 0 Å². The van der Waals surface area contributed by atoms with E-state index in [4.69, 9.17) is 9.40 Å². The van der Waals surface area contributed by atoms with Crippen molar-refractivity contribution in [3.05, 3.63) is 182 Å². The molecule has 2 heterocycles. The summed E-state index contributed by atoms with van der Waals surface area (Å²) in [7, 11) is 0. The van der Waals surface area contributed by atoms with Gasteiger partial charge in [-0.1, -0.05) is 121 Å². The van der Waals surface area contributed by atoms with Crippen LogP contribution in [0.2, 0.25) is 0 Å². The van der Waals surface area contributed by atoms with Gasteiger partial charge in [-0.15, -0.1) is 11.3 Å². The Balaban J connectivity index is 1.09. The molecule has 0 fully saturated rings. The third-order valence-electron chi connectivity index (χ3n) is 9.71. The summed E-state index contributed by atoms with van der Waals surface area (Å²) in [6.07, 6.45) is 0. The van der Waals surface area contributed by atoms with E-state index >= 15 is 0 Å². The lowest BCUT2D eigenvalue weighted by molar-refractivity contribution is 0.620. The van der Waals surface area contributed by atoms with Crippen LogP contribution in [0.25, 0.3) is 75.8 Å². The standard InChI is InChI=1S/C47H30N2OS/c1-3-10-31(11-4-1)32-18-23-36(24-19-32)49(38-27-28-41-40-15-7-8-17-43(40)51-44(41)30-38)37-25-20-33(21-26-37)39-16-9-14-34-22-29-42-46(45(34)39)48-47(50-42)35-12-5-2-6-13-35/h1-30H. The van der Waals surface area contributed by atoms with Crippen LogP contribution >= 0.6 is 11.3 Å². The van der Waals surface area contributed by atoms with E-state index in [1.165, 1.54) is 31.3 Å². The highest BCUT2D eigenvalue weighted by Gasteiger charge is 2.18. The Morgan fingerprint density at radius 2 is 1.08 bits per heavy atom. The summed E-state index contributed by atoms with van der Waals surface area (Å²) in [6.45, 7) is 0. The number of thiophene rings is 1. The van der Waals surface area contributed by atoms with Crippen molar-refractivity contribution < 1.29 is 4.42 Å². The topological polar surface area (TPSA) is 29.3 Å². The van der Waals surface area contributed by atoms with Crippen LogP contribution in [-0.2, 0) is 0 Å². The number of benzene rings is 8. The third-order valence-corrected chi connectivity index (χ3v) is 10.8. The van der Waals surface area contributed by atoms with Gasteiger partial charge in [0.05, 0.1) is 0 Å². The second-order valence-electron chi connectivity index (χ2n) is 12.8. The number of aromatic nitrogens is 1. The van der Waals surface area contributed by atoms with Crippen molar-refractivity contribution in [3.8, 4) is 33.7 Å². The van der Waals surface area contributed by atoms with Gasteiger partial charge in [0, 0.05) is 48.2 Å². The Morgan fingerprint density at radius 1 is 0.451 bits per heavy atom. The number of oxazole rings is 1. The molecule has 0 aliphatic rings. The summed E-state index contributed by atoms with van der Waals surface area (Å²) in [5, 5.41) is 4.82. The Morgan fingerprint density at radius 3 is 1.84 bits per heavy atom. The van der Waals surface area contributed by atoms with Gasteiger partial charge in [-0.25, -0.2) is 4.98 Å². The van der Waals surface area contributed by atoms with Gasteiger partial charge in [-0.05, 0) is 88.3 Å². The van der Waals surface area contributed by atoms with Crippen LogP contribution in [-0.4, -0.2) is 4.98 Å². The number of nitrogens with zero attached hydrogens (tertiary/aromatic N) is 2. The van der Waals surface area contributed by atoms with Crippen molar-refractivity contribution in [1.29, 1.82) is 0 Å². The van der Waals surface area contributed by atoms with Gasteiger partial charge in [-0.2, -0.15) is 0 Å². The highest BCUT2D eigenvalue weighted by molar-refractivity contribution is 7.25. The highest BCUT2D eigenvalue weighted by Crippen LogP contribution is 2.42. The lowest BCUT2D eigenvalue weighted by Crippen LogP contribution is -2.09. The predicted molar refractivity (Wildman–Crippen MR) is 215 cm³/mol. The summed E-state index contributed by atoms with van der Waals surface area (Å²) in [5.41, 5.74) is 10.6. The third kappa shape index (κ3) is 5.16. The average Bonchev–Trinajstić information content (AvgIpc) is 3.81. The zero-order valence-corrected chi connectivity index (χ0v) is 28.3. The summed E-state index contributed by atoms with van der Waals surface area (Å²) in [6, 6.07) is 64.5. The van der Waals surface area contributed by atoms with Gasteiger partial charge in [0.25, 0.3) is 0 Å². The maximum absolute atomic E-state index is 6.27. The van der Waals surface area contributed by atoms with Crippen LogP contribution in [0.5, 0.6) is 0 Å². The first-order chi connectivity index (χ1) is 25.3. The van der Waals surface area contributed by atoms with E-state index < -0.39 is 0 Å². The first kappa shape index (κ1) is 29.4. The SMILES string of the molecule is c1ccc(-c2ccc(N(c3ccc(-c4cccc5ccc6oc(-c7ccccc7)nc6c45)cc3)c3ccc4c(c3)sc3ccccc34)cc2)cc1. The molecule has 0 amide bonds. The van der Waals surface area contributed by atoms with E-state index in [2.05, 4.69) is 150 Å². The first-order valence-electron chi connectivity index (χ1n) is 17.1. The van der Waals surface area contributed by atoms with Crippen LogP contribution in [0.1, 0.15) is 0 Å². The second kappa shape index (κ2) is 12.1. The zero-order chi connectivity index (χ0) is 33.7. The lowest BCUT2D eigenvalue weighted by atomic mass is 9.97. The molecule has 2 aromatic heterocycles.